The van der Waals surface area contributed by atoms with Crippen molar-refractivity contribution in [2.24, 2.45) is 4.99 Å². The number of halogens is 1. The maximum atomic E-state index is 13.3. The predicted octanol–water partition coefficient (Wildman–Crippen LogP) is 6.22. The van der Waals surface area contributed by atoms with Crippen LogP contribution in [-0.2, 0) is 0 Å². The smallest absolute Gasteiger partial charge is 0.194 e. The molecule has 0 saturated carbocycles. The fourth-order valence-electron chi connectivity index (χ4n) is 3.62. The molecule has 28 heavy (non-hydrogen) atoms. The van der Waals surface area contributed by atoms with Crippen molar-refractivity contribution in [3.63, 3.8) is 0 Å². The molecule has 0 fully saturated rings. The first kappa shape index (κ1) is 16.7. The maximum absolute atomic E-state index is 13.3. The lowest BCUT2D eigenvalue weighted by Gasteiger charge is -2.17. The topological polar surface area (TPSA) is 45.2 Å². The Bertz CT molecular complexity index is 1280. The number of ketones is 1. The van der Waals surface area contributed by atoms with Gasteiger partial charge in [-0.05, 0) is 30.3 Å². The summed E-state index contributed by atoms with van der Waals surface area (Å²) in [7, 11) is 0. The van der Waals surface area contributed by atoms with Gasteiger partial charge in [0.25, 0.3) is 0 Å². The number of hydrogen-bond donors (Lipinski definition) is 1. The predicted molar refractivity (Wildman–Crippen MR) is 115 cm³/mol. The van der Waals surface area contributed by atoms with Gasteiger partial charge in [0.2, 0.25) is 0 Å². The summed E-state index contributed by atoms with van der Waals surface area (Å²) in [4.78, 5) is 21.3. The summed E-state index contributed by atoms with van der Waals surface area (Å²) >= 11 is 6.45. The minimum atomic E-state index is -0.0246. The van der Waals surface area contributed by atoms with Gasteiger partial charge in [-0.1, -0.05) is 60.1 Å². The standard InChI is InChI=1S/C24H15ClN2O/c25-20-11-6-12-21-23(20)19(14-26-21)18-13-22(27-15-7-2-1-3-8-15)16-9-4-5-10-17(16)24(18)28/h1-14,26H. The molecule has 1 aliphatic carbocycles. The third-order valence-electron chi connectivity index (χ3n) is 4.92. The van der Waals surface area contributed by atoms with E-state index in [0.29, 0.717) is 16.2 Å². The molecule has 3 nitrogen and oxygen atoms in total. The van der Waals surface area contributed by atoms with Crippen molar-refractivity contribution in [3.8, 4) is 0 Å². The van der Waals surface area contributed by atoms with Gasteiger partial charge in [0.05, 0.1) is 16.4 Å². The van der Waals surface area contributed by atoms with Crippen molar-refractivity contribution in [1.82, 2.24) is 4.98 Å². The van der Waals surface area contributed by atoms with Crippen LogP contribution in [0.15, 0.2) is 90.1 Å². The van der Waals surface area contributed by atoms with Crippen molar-refractivity contribution >= 4 is 45.3 Å². The summed E-state index contributed by atoms with van der Waals surface area (Å²) in [5, 5.41) is 1.46. The van der Waals surface area contributed by atoms with Gasteiger partial charge in [-0.3, -0.25) is 4.79 Å². The van der Waals surface area contributed by atoms with Crippen LogP contribution in [0.2, 0.25) is 5.02 Å². The number of carbonyl (C=O) groups excluding carboxylic acids is 1. The van der Waals surface area contributed by atoms with E-state index in [-0.39, 0.29) is 5.78 Å². The number of carbonyl (C=O) groups is 1. The number of rotatable bonds is 2. The quantitative estimate of drug-likeness (QED) is 0.439. The highest BCUT2D eigenvalue weighted by Gasteiger charge is 2.27. The normalized spacial score (nSPS) is 15.0. The van der Waals surface area contributed by atoms with E-state index in [0.717, 1.165) is 33.4 Å². The molecule has 0 amide bonds. The van der Waals surface area contributed by atoms with Crippen molar-refractivity contribution in [2.45, 2.75) is 0 Å². The van der Waals surface area contributed by atoms with Crippen LogP contribution in [0.1, 0.15) is 21.5 Å². The fraction of sp³-hybridized carbons (Fsp3) is 0. The molecule has 134 valence electrons. The fourth-order valence-corrected chi connectivity index (χ4v) is 3.89. The Hall–Kier alpha value is -3.43. The molecule has 5 rings (SSSR count). The van der Waals surface area contributed by atoms with E-state index in [2.05, 4.69) is 4.98 Å². The first-order valence-corrected chi connectivity index (χ1v) is 9.36. The third-order valence-corrected chi connectivity index (χ3v) is 5.24. The van der Waals surface area contributed by atoms with Gasteiger partial charge in [-0.15, -0.1) is 0 Å². The molecular formula is C24H15ClN2O. The minimum Gasteiger partial charge on any atom is -0.360 e. The summed E-state index contributed by atoms with van der Waals surface area (Å²) in [5.41, 5.74) is 5.37. The van der Waals surface area contributed by atoms with Crippen molar-refractivity contribution in [2.75, 3.05) is 0 Å². The zero-order valence-electron chi connectivity index (χ0n) is 14.8. The van der Waals surface area contributed by atoms with Gasteiger partial charge in [0, 0.05) is 39.4 Å². The van der Waals surface area contributed by atoms with Gasteiger partial charge < -0.3 is 4.98 Å². The second-order valence-corrected chi connectivity index (χ2v) is 7.04. The number of Topliss-reactive ketones (excluding diaryl/α,β-unsaturated/α-hetero) is 1. The van der Waals surface area contributed by atoms with E-state index in [1.165, 1.54) is 0 Å². The van der Waals surface area contributed by atoms with Crippen LogP contribution in [0.25, 0.3) is 16.5 Å². The number of para-hydroxylation sites is 1. The van der Waals surface area contributed by atoms with E-state index < -0.39 is 0 Å². The molecule has 3 aromatic carbocycles. The van der Waals surface area contributed by atoms with E-state index in [1.807, 2.05) is 85.1 Å². The Morgan fingerprint density at radius 1 is 0.786 bits per heavy atom. The van der Waals surface area contributed by atoms with E-state index in [4.69, 9.17) is 16.6 Å². The second kappa shape index (κ2) is 6.63. The number of allylic oxidation sites excluding steroid dienone is 2. The second-order valence-electron chi connectivity index (χ2n) is 6.63. The Balaban J connectivity index is 1.76. The number of nitrogens with zero attached hydrogens (tertiary/aromatic N) is 1. The van der Waals surface area contributed by atoms with Crippen LogP contribution >= 0.6 is 11.6 Å². The number of aromatic amines is 1. The number of benzene rings is 3. The average Bonchev–Trinajstić information content (AvgIpc) is 3.16. The molecule has 4 aromatic rings. The van der Waals surface area contributed by atoms with Gasteiger partial charge in [0.1, 0.15) is 0 Å². The van der Waals surface area contributed by atoms with Crippen molar-refractivity contribution in [3.05, 3.63) is 107 Å². The molecular weight excluding hydrogens is 368 g/mol. The first-order chi connectivity index (χ1) is 13.7. The van der Waals surface area contributed by atoms with Crippen LogP contribution in [0.4, 0.5) is 5.69 Å². The monoisotopic (exact) mass is 382 g/mol. The SMILES string of the molecule is O=C1C(c2c[nH]c3cccc(Cl)c23)=CC(=Nc2ccccc2)c2ccccc21. The molecule has 0 aliphatic heterocycles. The average molecular weight is 383 g/mol. The summed E-state index contributed by atoms with van der Waals surface area (Å²) in [6, 6.07) is 23.0. The molecule has 1 N–H and O–H groups in total. The highest BCUT2D eigenvalue weighted by molar-refractivity contribution is 6.43. The number of H-pyrrole nitrogens is 1. The minimum absolute atomic E-state index is 0.0246. The van der Waals surface area contributed by atoms with Crippen LogP contribution in [0.5, 0.6) is 0 Å². The lowest BCUT2D eigenvalue weighted by Crippen LogP contribution is -2.16. The van der Waals surface area contributed by atoms with Gasteiger partial charge in [-0.25, -0.2) is 4.99 Å². The maximum Gasteiger partial charge on any atom is 0.194 e. The molecule has 0 spiro atoms. The largest absolute Gasteiger partial charge is 0.360 e. The zero-order chi connectivity index (χ0) is 19.1. The molecule has 0 radical (unpaired) electrons. The highest BCUT2D eigenvalue weighted by Crippen LogP contribution is 2.35. The summed E-state index contributed by atoms with van der Waals surface area (Å²) < 4.78 is 0. The highest BCUT2D eigenvalue weighted by atomic mass is 35.5. The molecule has 4 heteroatoms. The Labute approximate surface area is 167 Å². The lowest BCUT2D eigenvalue weighted by atomic mass is 9.85. The molecule has 1 aliphatic rings. The van der Waals surface area contributed by atoms with Crippen LogP contribution < -0.4 is 0 Å². The number of hydrogen-bond acceptors (Lipinski definition) is 2. The Morgan fingerprint density at radius 2 is 1.54 bits per heavy atom. The van der Waals surface area contributed by atoms with Gasteiger partial charge in [-0.2, -0.15) is 0 Å². The molecule has 0 unspecified atom stereocenters. The Morgan fingerprint density at radius 3 is 2.36 bits per heavy atom. The molecule has 1 heterocycles. The van der Waals surface area contributed by atoms with Crippen molar-refractivity contribution < 1.29 is 4.79 Å². The molecule has 1 aromatic heterocycles. The molecule has 0 saturated heterocycles. The summed E-state index contributed by atoms with van der Waals surface area (Å²) in [6.45, 7) is 0. The third kappa shape index (κ3) is 2.68. The number of aliphatic imine (C=N–C) groups is 1. The van der Waals surface area contributed by atoms with E-state index >= 15 is 0 Å². The molecule has 0 atom stereocenters. The van der Waals surface area contributed by atoms with E-state index in [9.17, 15) is 4.79 Å². The van der Waals surface area contributed by atoms with Crippen LogP contribution in [-0.4, -0.2) is 16.5 Å². The number of nitrogens with one attached hydrogen (secondary N) is 1. The van der Waals surface area contributed by atoms with E-state index in [1.54, 1.807) is 0 Å². The van der Waals surface area contributed by atoms with Gasteiger partial charge >= 0.3 is 0 Å². The van der Waals surface area contributed by atoms with Crippen molar-refractivity contribution in [1.29, 1.82) is 0 Å². The zero-order valence-corrected chi connectivity index (χ0v) is 15.6. The van der Waals surface area contributed by atoms with Crippen LogP contribution in [0, 0.1) is 0 Å². The van der Waals surface area contributed by atoms with Gasteiger partial charge in [0.15, 0.2) is 5.78 Å². The van der Waals surface area contributed by atoms with Crippen LogP contribution in [0.3, 0.4) is 0 Å². The Kier molecular flexibility index (Phi) is 3.96. The number of aromatic nitrogens is 1. The number of fused-ring (bicyclic) bond motifs is 2. The summed E-state index contributed by atoms with van der Waals surface area (Å²) in [6.07, 6.45) is 3.71. The summed E-state index contributed by atoms with van der Waals surface area (Å²) in [5.74, 6) is -0.0246. The molecule has 0 bridgehead atoms. The first-order valence-electron chi connectivity index (χ1n) is 8.98. The lowest BCUT2D eigenvalue weighted by molar-refractivity contribution is 0.105.